The molecular weight excluding hydrogens is 198 g/mol. The van der Waals surface area contributed by atoms with Crippen LogP contribution in [0.15, 0.2) is 12.5 Å². The van der Waals surface area contributed by atoms with E-state index in [2.05, 4.69) is 36.5 Å². The van der Waals surface area contributed by atoms with Crippen molar-refractivity contribution in [3.63, 3.8) is 0 Å². The summed E-state index contributed by atoms with van der Waals surface area (Å²) in [5.74, 6) is 0.766. The van der Waals surface area contributed by atoms with Crippen LogP contribution in [0.4, 0.5) is 0 Å². The molecule has 3 nitrogen and oxygen atoms in total. The number of nitrogens with zero attached hydrogens (tertiary/aromatic N) is 2. The first-order chi connectivity index (χ1) is 7.69. The Morgan fingerprint density at radius 2 is 1.94 bits per heavy atom. The van der Waals surface area contributed by atoms with Gasteiger partial charge in [-0.3, -0.25) is 0 Å². The molecular formula is C13H25N3. The van der Waals surface area contributed by atoms with E-state index >= 15 is 0 Å². The number of aromatic nitrogens is 2. The smallest absolute Gasteiger partial charge is 0.0949 e. The third-order valence-electron chi connectivity index (χ3n) is 3.31. The number of hydrogen-bond donors (Lipinski definition) is 1. The topological polar surface area (TPSA) is 43.8 Å². The highest BCUT2D eigenvalue weighted by atomic mass is 15.0. The van der Waals surface area contributed by atoms with Gasteiger partial charge >= 0.3 is 0 Å². The summed E-state index contributed by atoms with van der Waals surface area (Å²) in [7, 11) is 0. The molecule has 0 saturated heterocycles. The Balaban J connectivity index is 2.50. The van der Waals surface area contributed by atoms with E-state index in [0.29, 0.717) is 0 Å². The lowest BCUT2D eigenvalue weighted by atomic mass is 10.0. The highest BCUT2D eigenvalue weighted by molar-refractivity contribution is 4.99. The number of nitrogens with two attached hydrogens (primary N) is 1. The van der Waals surface area contributed by atoms with E-state index in [4.69, 9.17) is 5.73 Å². The number of imidazole rings is 1. The van der Waals surface area contributed by atoms with Crippen molar-refractivity contribution in [2.75, 3.05) is 0 Å². The molecule has 1 aromatic rings. The van der Waals surface area contributed by atoms with E-state index in [1.807, 2.05) is 6.33 Å². The molecule has 0 saturated carbocycles. The molecule has 0 bridgehead atoms. The lowest BCUT2D eigenvalue weighted by Crippen LogP contribution is -2.21. The van der Waals surface area contributed by atoms with Crippen LogP contribution in [0, 0.1) is 5.92 Å². The number of rotatable bonds is 7. The van der Waals surface area contributed by atoms with Gasteiger partial charge in [0.15, 0.2) is 0 Å². The zero-order valence-electron chi connectivity index (χ0n) is 10.8. The minimum atomic E-state index is 0.247. The van der Waals surface area contributed by atoms with Crippen LogP contribution in [0.25, 0.3) is 0 Å². The summed E-state index contributed by atoms with van der Waals surface area (Å²) in [6.45, 7) is 7.70. The first kappa shape index (κ1) is 13.2. The third kappa shape index (κ3) is 3.97. The maximum atomic E-state index is 5.92. The van der Waals surface area contributed by atoms with Crippen LogP contribution < -0.4 is 5.73 Å². The van der Waals surface area contributed by atoms with E-state index in [0.717, 1.165) is 31.0 Å². The summed E-state index contributed by atoms with van der Waals surface area (Å²) in [5.41, 5.74) is 7.04. The molecule has 16 heavy (non-hydrogen) atoms. The van der Waals surface area contributed by atoms with Gasteiger partial charge in [0.1, 0.15) is 0 Å². The van der Waals surface area contributed by atoms with Gasteiger partial charge < -0.3 is 10.3 Å². The van der Waals surface area contributed by atoms with Crippen molar-refractivity contribution >= 4 is 0 Å². The van der Waals surface area contributed by atoms with Crippen molar-refractivity contribution in [3.05, 3.63) is 18.2 Å². The Labute approximate surface area is 99.1 Å². The molecule has 0 aliphatic carbocycles. The predicted octanol–water partition coefficient (Wildman–Crippen LogP) is 2.60. The summed E-state index contributed by atoms with van der Waals surface area (Å²) in [4.78, 5) is 4.41. The Morgan fingerprint density at radius 1 is 1.25 bits per heavy atom. The lowest BCUT2D eigenvalue weighted by molar-refractivity contribution is 0.418. The zero-order valence-corrected chi connectivity index (χ0v) is 10.8. The van der Waals surface area contributed by atoms with Gasteiger partial charge in [0, 0.05) is 25.2 Å². The van der Waals surface area contributed by atoms with E-state index in [-0.39, 0.29) is 6.04 Å². The number of hydrogen-bond acceptors (Lipinski definition) is 2. The van der Waals surface area contributed by atoms with E-state index in [1.165, 1.54) is 12.8 Å². The molecule has 1 unspecified atom stereocenters. The Bertz CT molecular complexity index is 289. The second-order valence-corrected chi connectivity index (χ2v) is 4.62. The molecule has 0 radical (unpaired) electrons. The average Bonchev–Trinajstić information content (AvgIpc) is 2.73. The molecule has 0 fully saturated rings. The maximum Gasteiger partial charge on any atom is 0.0949 e. The minimum absolute atomic E-state index is 0.247. The van der Waals surface area contributed by atoms with Gasteiger partial charge in [-0.25, -0.2) is 4.98 Å². The third-order valence-corrected chi connectivity index (χ3v) is 3.31. The first-order valence-corrected chi connectivity index (χ1v) is 6.45. The molecule has 1 heterocycles. The highest BCUT2D eigenvalue weighted by Gasteiger charge is 2.07. The molecule has 1 rings (SSSR count). The molecule has 0 amide bonds. The van der Waals surface area contributed by atoms with Gasteiger partial charge in [-0.1, -0.05) is 33.6 Å². The molecule has 1 atom stereocenters. The quantitative estimate of drug-likeness (QED) is 0.772. The fourth-order valence-electron chi connectivity index (χ4n) is 1.87. The van der Waals surface area contributed by atoms with Gasteiger partial charge in [0.2, 0.25) is 0 Å². The van der Waals surface area contributed by atoms with Crippen LogP contribution >= 0.6 is 0 Å². The Morgan fingerprint density at radius 3 is 2.50 bits per heavy atom. The lowest BCUT2D eigenvalue weighted by Gasteiger charge is -2.12. The largest absolute Gasteiger partial charge is 0.337 e. The summed E-state index contributed by atoms with van der Waals surface area (Å²) >= 11 is 0. The van der Waals surface area contributed by atoms with Crippen LogP contribution in [-0.4, -0.2) is 15.6 Å². The second-order valence-electron chi connectivity index (χ2n) is 4.62. The van der Waals surface area contributed by atoms with Crippen molar-refractivity contribution in [1.29, 1.82) is 0 Å². The van der Waals surface area contributed by atoms with E-state index < -0.39 is 0 Å². The van der Waals surface area contributed by atoms with Crippen LogP contribution in [0.5, 0.6) is 0 Å². The summed E-state index contributed by atoms with van der Waals surface area (Å²) in [6, 6.07) is 0.247. The molecule has 2 N–H and O–H groups in total. The van der Waals surface area contributed by atoms with E-state index in [1.54, 1.807) is 0 Å². The zero-order chi connectivity index (χ0) is 12.0. The van der Waals surface area contributed by atoms with Crippen LogP contribution in [-0.2, 0) is 13.0 Å². The van der Waals surface area contributed by atoms with Gasteiger partial charge in [0.25, 0.3) is 0 Å². The second kappa shape index (κ2) is 6.69. The SMILES string of the molecule is CCC(N)Cc1cn(CC(CC)CC)cn1. The molecule has 0 spiro atoms. The summed E-state index contributed by atoms with van der Waals surface area (Å²) < 4.78 is 2.20. The molecule has 3 heteroatoms. The molecule has 0 aliphatic rings. The van der Waals surface area contributed by atoms with Crippen LogP contribution in [0.3, 0.4) is 0 Å². The molecule has 1 aromatic heterocycles. The van der Waals surface area contributed by atoms with Crippen LogP contribution in [0.2, 0.25) is 0 Å². The van der Waals surface area contributed by atoms with Crippen molar-refractivity contribution in [2.24, 2.45) is 11.7 Å². The Hall–Kier alpha value is -0.830. The first-order valence-electron chi connectivity index (χ1n) is 6.45. The molecule has 92 valence electrons. The van der Waals surface area contributed by atoms with Crippen molar-refractivity contribution in [1.82, 2.24) is 9.55 Å². The van der Waals surface area contributed by atoms with Crippen LogP contribution in [0.1, 0.15) is 45.7 Å². The fraction of sp³-hybridized carbons (Fsp3) is 0.769. The van der Waals surface area contributed by atoms with Gasteiger partial charge in [-0.05, 0) is 12.3 Å². The minimum Gasteiger partial charge on any atom is -0.337 e. The standard InChI is InChI=1S/C13H25N3/c1-4-11(5-2)8-16-9-13(15-10-16)7-12(14)6-3/h9-12H,4-8,14H2,1-3H3. The van der Waals surface area contributed by atoms with Gasteiger partial charge in [-0.15, -0.1) is 0 Å². The van der Waals surface area contributed by atoms with E-state index in [9.17, 15) is 0 Å². The normalized spacial score (nSPS) is 13.3. The van der Waals surface area contributed by atoms with Gasteiger partial charge in [-0.2, -0.15) is 0 Å². The molecule has 0 aliphatic heterocycles. The van der Waals surface area contributed by atoms with Crippen molar-refractivity contribution in [2.45, 2.75) is 59.0 Å². The van der Waals surface area contributed by atoms with Crippen molar-refractivity contribution < 1.29 is 0 Å². The monoisotopic (exact) mass is 223 g/mol. The fourth-order valence-corrected chi connectivity index (χ4v) is 1.87. The maximum absolute atomic E-state index is 5.92. The van der Waals surface area contributed by atoms with Gasteiger partial charge in [0.05, 0.1) is 12.0 Å². The highest BCUT2D eigenvalue weighted by Crippen LogP contribution is 2.11. The average molecular weight is 223 g/mol. The Kier molecular flexibility index (Phi) is 5.53. The molecule has 0 aromatic carbocycles. The van der Waals surface area contributed by atoms with Crippen molar-refractivity contribution in [3.8, 4) is 0 Å². The predicted molar refractivity (Wildman–Crippen MR) is 68.3 cm³/mol. The summed E-state index contributed by atoms with van der Waals surface area (Å²) in [5, 5.41) is 0. The summed E-state index contributed by atoms with van der Waals surface area (Å²) in [6.07, 6.45) is 8.46.